The van der Waals surface area contributed by atoms with Gasteiger partial charge in [-0.15, -0.1) is 0 Å². The summed E-state index contributed by atoms with van der Waals surface area (Å²) < 4.78 is 10.6. The second-order valence-electron chi connectivity index (χ2n) is 7.08. The lowest BCUT2D eigenvalue weighted by Crippen LogP contribution is -2.35. The number of esters is 1. The van der Waals surface area contributed by atoms with Crippen LogP contribution in [0.2, 0.25) is 0 Å². The Hall–Kier alpha value is -4.99. The number of hydrogen-bond donors (Lipinski definition) is 1. The van der Waals surface area contributed by atoms with E-state index in [0.29, 0.717) is 11.3 Å². The third kappa shape index (κ3) is 4.46. The number of benzene rings is 3. The fourth-order valence-corrected chi connectivity index (χ4v) is 3.22. The van der Waals surface area contributed by atoms with Crippen molar-refractivity contribution in [2.45, 2.75) is 0 Å². The molecule has 1 fully saturated rings. The van der Waals surface area contributed by atoms with Crippen LogP contribution in [0.5, 0.6) is 11.5 Å². The molecule has 1 N–H and O–H groups in total. The lowest BCUT2D eigenvalue weighted by Gasteiger charge is -2.13. The zero-order chi connectivity index (χ0) is 24.2. The summed E-state index contributed by atoms with van der Waals surface area (Å²) in [4.78, 5) is 47.7. The van der Waals surface area contributed by atoms with Crippen LogP contribution in [0, 0.1) is 10.1 Å². The van der Waals surface area contributed by atoms with Crippen molar-refractivity contribution in [3.63, 3.8) is 0 Å². The number of carbonyl (C=O) groups is 3. The number of anilines is 1. The molecule has 0 saturated carbocycles. The molecule has 1 heterocycles. The van der Waals surface area contributed by atoms with E-state index in [1.165, 1.54) is 49.6 Å². The number of para-hydroxylation sites is 1. The number of nitrogens with zero attached hydrogens (tertiary/aromatic N) is 2. The molecular weight excluding hydrogens is 442 g/mol. The Morgan fingerprint density at radius 1 is 1.00 bits per heavy atom. The van der Waals surface area contributed by atoms with E-state index in [0.717, 1.165) is 5.01 Å². The number of methoxy groups -OCH3 is 1. The molecule has 1 aliphatic rings. The monoisotopic (exact) mass is 459 g/mol. The Kier molecular flexibility index (Phi) is 6.04. The smallest absolute Gasteiger partial charge is 0.343 e. The molecule has 1 aliphatic heterocycles. The minimum atomic E-state index is -0.733. The van der Waals surface area contributed by atoms with Crippen LogP contribution in [0.4, 0.5) is 11.4 Å². The SMILES string of the molecule is COc1cc(C=C2C(=O)NN(c3ccccc3)C2=O)ccc1OC(=O)c1ccc([N+](=O)[O-])cc1. The summed E-state index contributed by atoms with van der Waals surface area (Å²) in [5, 5.41) is 11.9. The van der Waals surface area contributed by atoms with Gasteiger partial charge in [0.05, 0.1) is 23.3 Å². The number of amides is 2. The average Bonchev–Trinajstić information content (AvgIpc) is 3.13. The maximum absolute atomic E-state index is 12.7. The lowest BCUT2D eigenvalue weighted by atomic mass is 10.1. The van der Waals surface area contributed by atoms with Gasteiger partial charge in [-0.25, -0.2) is 9.80 Å². The summed E-state index contributed by atoms with van der Waals surface area (Å²) >= 11 is 0. The molecule has 0 unspecified atom stereocenters. The van der Waals surface area contributed by atoms with Gasteiger partial charge in [-0.1, -0.05) is 24.3 Å². The minimum absolute atomic E-state index is 0.0680. The highest BCUT2D eigenvalue weighted by Crippen LogP contribution is 2.30. The molecule has 4 rings (SSSR count). The van der Waals surface area contributed by atoms with E-state index in [4.69, 9.17) is 9.47 Å². The van der Waals surface area contributed by atoms with Crippen LogP contribution < -0.4 is 19.9 Å². The predicted molar refractivity (Wildman–Crippen MR) is 121 cm³/mol. The van der Waals surface area contributed by atoms with E-state index in [2.05, 4.69) is 5.43 Å². The summed E-state index contributed by atoms with van der Waals surface area (Å²) in [5.74, 6) is -1.51. The Bertz CT molecular complexity index is 1320. The third-order valence-corrected chi connectivity index (χ3v) is 4.92. The van der Waals surface area contributed by atoms with Crippen molar-refractivity contribution in [3.05, 3.63) is 99.6 Å². The predicted octanol–water partition coefficient (Wildman–Crippen LogP) is 3.28. The van der Waals surface area contributed by atoms with Crippen molar-refractivity contribution in [3.8, 4) is 11.5 Å². The number of non-ortho nitro benzene ring substituents is 1. The third-order valence-electron chi connectivity index (χ3n) is 4.92. The maximum Gasteiger partial charge on any atom is 0.343 e. The summed E-state index contributed by atoms with van der Waals surface area (Å²) in [6.45, 7) is 0. The number of nitro groups is 1. The highest BCUT2D eigenvalue weighted by molar-refractivity contribution is 6.31. The highest BCUT2D eigenvalue weighted by Gasteiger charge is 2.34. The van der Waals surface area contributed by atoms with E-state index in [1.54, 1.807) is 36.4 Å². The number of nitrogens with one attached hydrogen (secondary N) is 1. The molecule has 34 heavy (non-hydrogen) atoms. The van der Waals surface area contributed by atoms with Crippen LogP contribution >= 0.6 is 0 Å². The van der Waals surface area contributed by atoms with Gasteiger partial charge >= 0.3 is 5.97 Å². The van der Waals surface area contributed by atoms with Gasteiger partial charge in [0, 0.05) is 12.1 Å². The first-order valence-electron chi connectivity index (χ1n) is 9.94. The summed E-state index contributed by atoms with van der Waals surface area (Å²) in [7, 11) is 1.38. The number of ether oxygens (including phenoxy) is 2. The van der Waals surface area contributed by atoms with Crippen molar-refractivity contribution in [1.29, 1.82) is 0 Å². The first-order chi connectivity index (χ1) is 16.4. The summed E-state index contributed by atoms with van der Waals surface area (Å²) in [5.41, 5.74) is 3.42. The molecule has 170 valence electrons. The molecule has 3 aromatic carbocycles. The van der Waals surface area contributed by atoms with Crippen molar-refractivity contribution < 1.29 is 28.8 Å². The lowest BCUT2D eigenvalue weighted by molar-refractivity contribution is -0.384. The quantitative estimate of drug-likeness (QED) is 0.150. The largest absolute Gasteiger partial charge is 0.493 e. The molecule has 10 nitrogen and oxygen atoms in total. The van der Waals surface area contributed by atoms with E-state index in [9.17, 15) is 24.5 Å². The zero-order valence-electron chi connectivity index (χ0n) is 17.8. The van der Waals surface area contributed by atoms with Crippen molar-refractivity contribution in [2.75, 3.05) is 12.1 Å². The fraction of sp³-hybridized carbons (Fsp3) is 0.0417. The van der Waals surface area contributed by atoms with Gasteiger partial charge in [-0.2, -0.15) is 0 Å². The number of hydrazine groups is 1. The van der Waals surface area contributed by atoms with Crippen molar-refractivity contribution >= 4 is 35.2 Å². The number of carbonyl (C=O) groups excluding carboxylic acids is 3. The van der Waals surface area contributed by atoms with Gasteiger partial charge in [0.1, 0.15) is 5.57 Å². The number of rotatable bonds is 6. The van der Waals surface area contributed by atoms with E-state index >= 15 is 0 Å². The first-order valence-corrected chi connectivity index (χ1v) is 9.94. The van der Waals surface area contributed by atoms with Crippen LogP contribution in [0.1, 0.15) is 15.9 Å². The van der Waals surface area contributed by atoms with Crippen LogP contribution in [0.3, 0.4) is 0 Å². The Balaban J connectivity index is 1.54. The molecule has 0 aliphatic carbocycles. The van der Waals surface area contributed by atoms with Crippen molar-refractivity contribution in [2.24, 2.45) is 0 Å². The molecule has 0 spiro atoms. The molecule has 2 amide bonds. The summed E-state index contributed by atoms with van der Waals surface area (Å²) in [6, 6.07) is 18.2. The van der Waals surface area contributed by atoms with Crippen LogP contribution in [0.15, 0.2) is 78.4 Å². The normalized spacial score (nSPS) is 14.1. The first kappa shape index (κ1) is 22.2. The fourth-order valence-electron chi connectivity index (χ4n) is 3.22. The second-order valence-corrected chi connectivity index (χ2v) is 7.08. The van der Waals surface area contributed by atoms with Crippen molar-refractivity contribution in [1.82, 2.24) is 5.43 Å². The van der Waals surface area contributed by atoms with E-state index < -0.39 is 22.7 Å². The van der Waals surface area contributed by atoms with Gasteiger partial charge in [-0.05, 0) is 48.0 Å². The molecular formula is C24H17N3O7. The van der Waals surface area contributed by atoms with Crippen LogP contribution in [-0.4, -0.2) is 29.8 Å². The van der Waals surface area contributed by atoms with Gasteiger partial charge in [0.25, 0.3) is 17.5 Å². The molecule has 0 radical (unpaired) electrons. The van der Waals surface area contributed by atoms with Gasteiger partial charge in [0.15, 0.2) is 11.5 Å². The maximum atomic E-state index is 12.7. The Morgan fingerprint density at radius 3 is 2.35 bits per heavy atom. The van der Waals surface area contributed by atoms with Crippen LogP contribution in [0.25, 0.3) is 6.08 Å². The topological polar surface area (TPSA) is 128 Å². The van der Waals surface area contributed by atoms with E-state index in [1.807, 2.05) is 0 Å². The Morgan fingerprint density at radius 2 is 1.71 bits per heavy atom. The summed E-state index contributed by atoms with van der Waals surface area (Å²) in [6.07, 6.45) is 1.41. The van der Waals surface area contributed by atoms with E-state index in [-0.39, 0.29) is 28.3 Å². The molecule has 1 saturated heterocycles. The van der Waals surface area contributed by atoms with Gasteiger partial charge in [0.2, 0.25) is 0 Å². The molecule has 0 atom stereocenters. The van der Waals surface area contributed by atoms with Gasteiger partial charge < -0.3 is 9.47 Å². The number of nitro benzene ring substituents is 1. The van der Waals surface area contributed by atoms with Gasteiger partial charge in [-0.3, -0.25) is 25.1 Å². The van der Waals surface area contributed by atoms with Crippen LogP contribution in [-0.2, 0) is 9.59 Å². The zero-order valence-corrected chi connectivity index (χ0v) is 17.8. The minimum Gasteiger partial charge on any atom is -0.493 e. The molecule has 0 aromatic heterocycles. The highest BCUT2D eigenvalue weighted by atomic mass is 16.6. The standard InChI is InChI=1S/C24H17N3O7/c1-33-21-14-15(13-19-22(28)25-26(23(19)29)17-5-3-2-4-6-17)7-12-20(21)34-24(30)16-8-10-18(11-9-16)27(31)32/h2-14H,1H3,(H,25,28). The Labute approximate surface area is 193 Å². The molecule has 10 heteroatoms. The number of hydrogen-bond acceptors (Lipinski definition) is 7. The molecule has 0 bridgehead atoms. The molecule has 3 aromatic rings. The average molecular weight is 459 g/mol. The second kappa shape index (κ2) is 9.25.